The molecule has 2 N–H and O–H groups in total. The van der Waals surface area contributed by atoms with Gasteiger partial charge in [-0.05, 0) is 50.9 Å². The van der Waals surface area contributed by atoms with Gasteiger partial charge in [0, 0.05) is 31.2 Å². The van der Waals surface area contributed by atoms with Crippen LogP contribution < -0.4 is 9.46 Å². The Labute approximate surface area is 198 Å². The summed E-state index contributed by atoms with van der Waals surface area (Å²) in [7, 11) is -1.36. The maximum absolute atomic E-state index is 13.4. The number of ether oxygens (including phenoxy) is 1. The van der Waals surface area contributed by atoms with Gasteiger partial charge >= 0.3 is 0 Å². The normalized spacial score (nSPS) is 23.5. The summed E-state index contributed by atoms with van der Waals surface area (Å²) in [6.07, 6.45) is 7.43. The SMILES string of the molecule is C[C@@H]1CN([C@H](C)CO)C(=O)c2cc(NS(C)(=O)=O)ccc2O[C@H]1CN(C)CC1CCCCC1. The van der Waals surface area contributed by atoms with Gasteiger partial charge in [-0.2, -0.15) is 0 Å². The van der Waals surface area contributed by atoms with Gasteiger partial charge in [0.25, 0.3) is 5.91 Å². The molecule has 1 aliphatic carbocycles. The number of aliphatic hydroxyl groups excluding tert-OH is 1. The molecule has 1 aliphatic heterocycles. The van der Waals surface area contributed by atoms with Crippen molar-refractivity contribution in [3.63, 3.8) is 0 Å². The van der Waals surface area contributed by atoms with Crippen molar-refractivity contribution < 1.29 is 23.1 Å². The molecule has 8 nitrogen and oxygen atoms in total. The molecule has 186 valence electrons. The van der Waals surface area contributed by atoms with E-state index in [0.29, 0.717) is 23.5 Å². The lowest BCUT2D eigenvalue weighted by Crippen LogP contribution is -2.50. The lowest BCUT2D eigenvalue weighted by Gasteiger charge is -2.38. The molecule has 0 saturated heterocycles. The highest BCUT2D eigenvalue weighted by molar-refractivity contribution is 7.92. The van der Waals surface area contributed by atoms with Crippen LogP contribution in [0.15, 0.2) is 18.2 Å². The van der Waals surface area contributed by atoms with Gasteiger partial charge in [0.05, 0.1) is 24.5 Å². The number of carbonyl (C=O) groups is 1. The topological polar surface area (TPSA) is 99.2 Å². The number of anilines is 1. The number of nitrogens with zero attached hydrogens (tertiary/aromatic N) is 2. The molecular formula is C24H39N3O5S. The number of hydrogen-bond acceptors (Lipinski definition) is 6. The quantitative estimate of drug-likeness (QED) is 0.592. The van der Waals surface area contributed by atoms with Crippen LogP contribution in [-0.4, -0.2) is 80.9 Å². The van der Waals surface area contributed by atoms with E-state index in [4.69, 9.17) is 4.74 Å². The van der Waals surface area contributed by atoms with Gasteiger partial charge in [0.2, 0.25) is 10.0 Å². The van der Waals surface area contributed by atoms with Gasteiger partial charge in [-0.15, -0.1) is 0 Å². The number of fused-ring (bicyclic) bond motifs is 1. The standard InChI is InChI=1S/C24H39N3O5S/c1-17-13-27(18(2)16-28)24(29)21-12-20(25-33(4,30)31)10-11-22(21)32-23(17)15-26(3)14-19-8-6-5-7-9-19/h10-12,17-19,23,25,28H,5-9,13-16H2,1-4H3/t17-,18-,23+/m1/s1. The third-order valence-electron chi connectivity index (χ3n) is 6.75. The summed E-state index contributed by atoms with van der Waals surface area (Å²) in [5.74, 6) is 0.942. The molecule has 0 aromatic heterocycles. The zero-order valence-electron chi connectivity index (χ0n) is 20.3. The van der Waals surface area contributed by atoms with Crippen LogP contribution in [0.2, 0.25) is 0 Å². The first-order chi connectivity index (χ1) is 15.6. The molecular weight excluding hydrogens is 442 g/mol. The van der Waals surface area contributed by atoms with Crippen molar-refractivity contribution >= 4 is 21.6 Å². The first kappa shape index (κ1) is 25.8. The summed E-state index contributed by atoms with van der Waals surface area (Å²) in [5.41, 5.74) is 0.611. The van der Waals surface area contributed by atoms with Crippen LogP contribution in [0.3, 0.4) is 0 Å². The molecule has 1 fully saturated rings. The van der Waals surface area contributed by atoms with Crippen molar-refractivity contribution in [2.75, 3.05) is 44.3 Å². The Morgan fingerprint density at radius 2 is 1.94 bits per heavy atom. The molecule has 3 rings (SSSR count). The van der Waals surface area contributed by atoms with E-state index < -0.39 is 10.0 Å². The predicted octanol–water partition coefficient (Wildman–Crippen LogP) is 2.79. The number of aliphatic hydroxyl groups is 1. The second-order valence-electron chi connectivity index (χ2n) is 9.93. The maximum Gasteiger partial charge on any atom is 0.258 e. The predicted molar refractivity (Wildman–Crippen MR) is 130 cm³/mol. The third kappa shape index (κ3) is 7.07. The molecule has 1 aromatic rings. The molecule has 0 bridgehead atoms. The molecule has 1 aromatic carbocycles. The Balaban J connectivity index is 1.86. The molecule has 1 saturated carbocycles. The fourth-order valence-electron chi connectivity index (χ4n) is 4.91. The minimum atomic E-state index is -3.48. The highest BCUT2D eigenvalue weighted by Gasteiger charge is 2.34. The van der Waals surface area contributed by atoms with E-state index in [-0.39, 0.29) is 30.6 Å². The first-order valence-corrected chi connectivity index (χ1v) is 13.9. The van der Waals surface area contributed by atoms with E-state index in [0.717, 1.165) is 25.3 Å². The largest absolute Gasteiger partial charge is 0.488 e. The van der Waals surface area contributed by atoms with Gasteiger partial charge in [-0.3, -0.25) is 9.52 Å². The Morgan fingerprint density at radius 3 is 2.58 bits per heavy atom. The molecule has 0 spiro atoms. The number of carbonyl (C=O) groups excluding carboxylic acids is 1. The Hall–Kier alpha value is -1.84. The number of rotatable bonds is 8. The molecule has 2 aliphatic rings. The van der Waals surface area contributed by atoms with E-state index in [1.54, 1.807) is 17.0 Å². The van der Waals surface area contributed by atoms with Crippen molar-refractivity contribution in [1.82, 2.24) is 9.80 Å². The van der Waals surface area contributed by atoms with Gasteiger partial charge in [-0.1, -0.05) is 26.2 Å². The van der Waals surface area contributed by atoms with Crippen LogP contribution in [0.4, 0.5) is 5.69 Å². The van der Waals surface area contributed by atoms with Crippen LogP contribution in [-0.2, 0) is 10.0 Å². The maximum atomic E-state index is 13.4. The number of benzene rings is 1. The minimum absolute atomic E-state index is 0.0544. The second kappa shape index (κ2) is 11.1. The number of hydrogen-bond donors (Lipinski definition) is 2. The third-order valence-corrected chi connectivity index (χ3v) is 7.36. The summed E-state index contributed by atoms with van der Waals surface area (Å²) in [6, 6.07) is 4.43. The van der Waals surface area contributed by atoms with Crippen molar-refractivity contribution in [3.8, 4) is 5.75 Å². The second-order valence-corrected chi connectivity index (χ2v) is 11.7. The van der Waals surface area contributed by atoms with Gasteiger partial charge in [0.1, 0.15) is 11.9 Å². The number of sulfonamides is 1. The zero-order chi connectivity index (χ0) is 24.2. The van der Waals surface area contributed by atoms with E-state index in [9.17, 15) is 18.3 Å². The highest BCUT2D eigenvalue weighted by Crippen LogP contribution is 2.31. The minimum Gasteiger partial charge on any atom is -0.488 e. The Morgan fingerprint density at radius 1 is 1.24 bits per heavy atom. The number of likely N-dealkylation sites (N-methyl/N-ethyl adjacent to an activating group) is 1. The summed E-state index contributed by atoms with van der Waals surface area (Å²) >= 11 is 0. The summed E-state index contributed by atoms with van der Waals surface area (Å²) in [6.45, 7) is 5.96. The van der Waals surface area contributed by atoms with Crippen LogP contribution >= 0.6 is 0 Å². The van der Waals surface area contributed by atoms with Crippen molar-refractivity contribution in [3.05, 3.63) is 23.8 Å². The van der Waals surface area contributed by atoms with Crippen molar-refractivity contribution in [2.24, 2.45) is 11.8 Å². The van der Waals surface area contributed by atoms with Crippen LogP contribution in [0.1, 0.15) is 56.3 Å². The van der Waals surface area contributed by atoms with Gasteiger partial charge in [0.15, 0.2) is 0 Å². The van der Waals surface area contributed by atoms with E-state index in [2.05, 4.69) is 23.6 Å². The molecule has 0 unspecified atom stereocenters. The molecule has 3 atom stereocenters. The average Bonchev–Trinajstić information content (AvgIpc) is 2.75. The highest BCUT2D eigenvalue weighted by atomic mass is 32.2. The van der Waals surface area contributed by atoms with Crippen molar-refractivity contribution in [2.45, 2.75) is 58.1 Å². The van der Waals surface area contributed by atoms with Gasteiger partial charge in [-0.25, -0.2) is 8.42 Å². The van der Waals surface area contributed by atoms with Crippen LogP contribution in [0, 0.1) is 11.8 Å². The summed E-state index contributed by atoms with van der Waals surface area (Å²) in [4.78, 5) is 17.4. The summed E-state index contributed by atoms with van der Waals surface area (Å²) < 4.78 is 32.2. The van der Waals surface area contributed by atoms with Gasteiger partial charge < -0.3 is 19.6 Å². The fraction of sp³-hybridized carbons (Fsp3) is 0.708. The monoisotopic (exact) mass is 481 g/mol. The lowest BCUT2D eigenvalue weighted by atomic mass is 9.89. The van der Waals surface area contributed by atoms with E-state index >= 15 is 0 Å². The Kier molecular flexibility index (Phi) is 8.64. The fourth-order valence-corrected chi connectivity index (χ4v) is 5.47. The van der Waals surface area contributed by atoms with Crippen LogP contribution in [0.5, 0.6) is 5.75 Å². The first-order valence-electron chi connectivity index (χ1n) is 12.0. The van der Waals surface area contributed by atoms with Crippen molar-refractivity contribution in [1.29, 1.82) is 0 Å². The number of amides is 1. The Bertz CT molecular complexity index is 917. The average molecular weight is 482 g/mol. The number of nitrogens with one attached hydrogen (secondary N) is 1. The molecule has 1 amide bonds. The molecule has 1 heterocycles. The summed E-state index contributed by atoms with van der Waals surface area (Å²) in [5, 5.41) is 9.78. The lowest BCUT2D eigenvalue weighted by molar-refractivity contribution is 0.0330. The molecule has 9 heteroatoms. The van der Waals surface area contributed by atoms with Crippen LogP contribution in [0.25, 0.3) is 0 Å². The zero-order valence-corrected chi connectivity index (χ0v) is 21.1. The van der Waals surface area contributed by atoms with E-state index in [1.165, 1.54) is 38.2 Å². The molecule has 0 radical (unpaired) electrons. The van der Waals surface area contributed by atoms with E-state index in [1.807, 2.05) is 6.92 Å². The smallest absolute Gasteiger partial charge is 0.258 e. The molecule has 33 heavy (non-hydrogen) atoms.